The molecule has 0 spiro atoms. The second-order valence-corrected chi connectivity index (χ2v) is 4.47. The zero-order chi connectivity index (χ0) is 13.5. The molecular formula is C13H21N3O2. The monoisotopic (exact) mass is 251 g/mol. The summed E-state index contributed by atoms with van der Waals surface area (Å²) < 4.78 is 4.98. The highest BCUT2D eigenvalue weighted by Gasteiger charge is 2.12. The molecule has 1 aromatic rings. The van der Waals surface area contributed by atoms with Gasteiger partial charge in [0.05, 0.1) is 13.2 Å². The van der Waals surface area contributed by atoms with Crippen molar-refractivity contribution in [3.8, 4) is 5.88 Å². The minimum absolute atomic E-state index is 0.00599. The number of carbonyl (C=O) groups is 1. The normalized spacial score (nSPS) is 12.3. The largest absolute Gasteiger partial charge is 0.481 e. The number of pyridine rings is 1. The molecule has 0 saturated carbocycles. The molecule has 1 unspecified atom stereocenters. The Kier molecular flexibility index (Phi) is 5.58. The fourth-order valence-electron chi connectivity index (χ4n) is 1.41. The van der Waals surface area contributed by atoms with Crippen LogP contribution in [0.4, 0.5) is 0 Å². The Bertz CT molecular complexity index is 376. The molecule has 5 nitrogen and oxygen atoms in total. The summed E-state index contributed by atoms with van der Waals surface area (Å²) in [7, 11) is 1.58. The molecule has 1 atom stereocenters. The summed E-state index contributed by atoms with van der Waals surface area (Å²) in [5.41, 5.74) is 1.01. The highest BCUT2D eigenvalue weighted by molar-refractivity contribution is 5.81. The van der Waals surface area contributed by atoms with Gasteiger partial charge >= 0.3 is 0 Å². The van der Waals surface area contributed by atoms with E-state index in [4.69, 9.17) is 4.74 Å². The molecule has 1 aromatic heterocycles. The van der Waals surface area contributed by atoms with Crippen molar-refractivity contribution in [2.24, 2.45) is 0 Å². The summed E-state index contributed by atoms with van der Waals surface area (Å²) in [6.45, 7) is 6.33. The van der Waals surface area contributed by atoms with Crippen molar-refractivity contribution in [3.63, 3.8) is 0 Å². The van der Waals surface area contributed by atoms with Crippen LogP contribution in [0.5, 0.6) is 5.88 Å². The van der Waals surface area contributed by atoms with Crippen LogP contribution in [0.1, 0.15) is 26.3 Å². The quantitative estimate of drug-likeness (QED) is 0.794. The molecule has 0 radical (unpaired) electrons. The average molecular weight is 251 g/mol. The standard InChI is InChI=1S/C13H21N3O2/c1-9(2)16-13(17)10(3)14-7-11-5-6-12(18-4)15-8-11/h5-6,8-10,14H,7H2,1-4H3,(H,16,17). The summed E-state index contributed by atoms with van der Waals surface area (Å²) in [5, 5.41) is 6.01. The van der Waals surface area contributed by atoms with Crippen LogP contribution in [0.15, 0.2) is 18.3 Å². The molecule has 0 aliphatic rings. The van der Waals surface area contributed by atoms with Crippen LogP contribution < -0.4 is 15.4 Å². The van der Waals surface area contributed by atoms with Gasteiger partial charge in [-0.15, -0.1) is 0 Å². The summed E-state index contributed by atoms with van der Waals surface area (Å²) in [6, 6.07) is 3.65. The number of hydrogen-bond donors (Lipinski definition) is 2. The number of carbonyl (C=O) groups excluding carboxylic acids is 1. The van der Waals surface area contributed by atoms with Crippen molar-refractivity contribution < 1.29 is 9.53 Å². The van der Waals surface area contributed by atoms with Crippen molar-refractivity contribution in [3.05, 3.63) is 23.9 Å². The topological polar surface area (TPSA) is 63.2 Å². The third kappa shape index (κ3) is 4.71. The Morgan fingerprint density at radius 2 is 2.11 bits per heavy atom. The number of ether oxygens (including phenoxy) is 1. The molecule has 1 heterocycles. The summed E-state index contributed by atoms with van der Waals surface area (Å²) in [6.07, 6.45) is 1.74. The molecule has 0 aliphatic carbocycles. The first-order valence-corrected chi connectivity index (χ1v) is 6.05. The highest BCUT2D eigenvalue weighted by Crippen LogP contribution is 2.06. The molecule has 0 fully saturated rings. The molecular weight excluding hydrogens is 230 g/mol. The third-order valence-electron chi connectivity index (χ3n) is 2.44. The number of methoxy groups -OCH3 is 1. The Balaban J connectivity index is 2.41. The van der Waals surface area contributed by atoms with Gasteiger partial charge in [-0.2, -0.15) is 0 Å². The molecule has 0 saturated heterocycles. The van der Waals surface area contributed by atoms with E-state index in [1.807, 2.05) is 26.8 Å². The minimum atomic E-state index is -0.227. The SMILES string of the molecule is COc1ccc(CNC(C)C(=O)NC(C)C)cn1. The van der Waals surface area contributed by atoms with Crippen LogP contribution in [0, 0.1) is 0 Å². The summed E-state index contributed by atoms with van der Waals surface area (Å²) >= 11 is 0. The van der Waals surface area contributed by atoms with Gasteiger partial charge in [0, 0.05) is 24.8 Å². The lowest BCUT2D eigenvalue weighted by Gasteiger charge is -2.15. The van der Waals surface area contributed by atoms with Crippen LogP contribution in [-0.4, -0.2) is 30.1 Å². The molecule has 100 valence electrons. The van der Waals surface area contributed by atoms with Gasteiger partial charge in [0.2, 0.25) is 11.8 Å². The van der Waals surface area contributed by atoms with Crippen molar-refractivity contribution in [1.29, 1.82) is 0 Å². The number of amides is 1. The van der Waals surface area contributed by atoms with E-state index in [2.05, 4.69) is 15.6 Å². The Labute approximate surface area is 108 Å². The predicted molar refractivity (Wildman–Crippen MR) is 70.4 cm³/mol. The van der Waals surface area contributed by atoms with Crippen LogP contribution >= 0.6 is 0 Å². The van der Waals surface area contributed by atoms with E-state index >= 15 is 0 Å². The Morgan fingerprint density at radius 3 is 2.61 bits per heavy atom. The second-order valence-electron chi connectivity index (χ2n) is 4.47. The molecule has 18 heavy (non-hydrogen) atoms. The second kappa shape index (κ2) is 6.96. The van der Waals surface area contributed by atoms with E-state index < -0.39 is 0 Å². The fraction of sp³-hybridized carbons (Fsp3) is 0.538. The lowest BCUT2D eigenvalue weighted by atomic mass is 10.2. The lowest BCUT2D eigenvalue weighted by Crippen LogP contribution is -2.44. The molecule has 2 N–H and O–H groups in total. The number of aromatic nitrogens is 1. The van der Waals surface area contributed by atoms with E-state index in [0.717, 1.165) is 5.56 Å². The van der Waals surface area contributed by atoms with Crippen LogP contribution in [0.25, 0.3) is 0 Å². The van der Waals surface area contributed by atoms with Crippen LogP contribution in [-0.2, 0) is 11.3 Å². The molecule has 0 aromatic carbocycles. The van der Waals surface area contributed by atoms with Gasteiger partial charge in [-0.3, -0.25) is 4.79 Å². The van der Waals surface area contributed by atoms with Crippen LogP contribution in [0.2, 0.25) is 0 Å². The van der Waals surface area contributed by atoms with Gasteiger partial charge in [-0.25, -0.2) is 4.98 Å². The van der Waals surface area contributed by atoms with E-state index in [9.17, 15) is 4.79 Å². The van der Waals surface area contributed by atoms with E-state index in [-0.39, 0.29) is 18.0 Å². The zero-order valence-corrected chi connectivity index (χ0v) is 11.4. The van der Waals surface area contributed by atoms with Gasteiger partial charge in [0.15, 0.2) is 0 Å². The van der Waals surface area contributed by atoms with E-state index in [1.165, 1.54) is 0 Å². The first-order chi connectivity index (χ1) is 8.52. The van der Waals surface area contributed by atoms with E-state index in [0.29, 0.717) is 12.4 Å². The van der Waals surface area contributed by atoms with Crippen molar-refractivity contribution >= 4 is 5.91 Å². The fourth-order valence-corrected chi connectivity index (χ4v) is 1.41. The molecule has 0 aliphatic heterocycles. The Morgan fingerprint density at radius 1 is 1.39 bits per heavy atom. The van der Waals surface area contributed by atoms with Gasteiger partial charge in [0.25, 0.3) is 0 Å². The van der Waals surface area contributed by atoms with Crippen molar-refractivity contribution in [2.45, 2.75) is 39.4 Å². The minimum Gasteiger partial charge on any atom is -0.481 e. The molecule has 0 bridgehead atoms. The van der Waals surface area contributed by atoms with Gasteiger partial charge in [-0.1, -0.05) is 6.07 Å². The first-order valence-electron chi connectivity index (χ1n) is 6.05. The maximum atomic E-state index is 11.7. The Hall–Kier alpha value is -1.62. The maximum Gasteiger partial charge on any atom is 0.237 e. The predicted octanol–water partition coefficient (Wildman–Crippen LogP) is 1.09. The van der Waals surface area contributed by atoms with Crippen molar-refractivity contribution in [2.75, 3.05) is 7.11 Å². The maximum absolute atomic E-state index is 11.7. The smallest absolute Gasteiger partial charge is 0.237 e. The molecule has 1 rings (SSSR count). The first kappa shape index (κ1) is 14.4. The van der Waals surface area contributed by atoms with Gasteiger partial charge in [0.1, 0.15) is 0 Å². The number of rotatable bonds is 6. The number of hydrogen-bond acceptors (Lipinski definition) is 4. The molecule has 1 amide bonds. The molecule has 5 heteroatoms. The lowest BCUT2D eigenvalue weighted by molar-refractivity contribution is -0.123. The number of nitrogens with one attached hydrogen (secondary N) is 2. The van der Waals surface area contributed by atoms with Crippen molar-refractivity contribution in [1.82, 2.24) is 15.6 Å². The van der Waals surface area contributed by atoms with Gasteiger partial charge in [-0.05, 0) is 26.3 Å². The summed E-state index contributed by atoms with van der Waals surface area (Å²) in [4.78, 5) is 15.8. The third-order valence-corrected chi connectivity index (χ3v) is 2.44. The zero-order valence-electron chi connectivity index (χ0n) is 11.4. The van der Waals surface area contributed by atoms with Crippen LogP contribution in [0.3, 0.4) is 0 Å². The highest BCUT2D eigenvalue weighted by atomic mass is 16.5. The van der Waals surface area contributed by atoms with Gasteiger partial charge < -0.3 is 15.4 Å². The number of nitrogens with zero attached hydrogens (tertiary/aromatic N) is 1. The average Bonchev–Trinajstić information content (AvgIpc) is 2.35. The summed E-state index contributed by atoms with van der Waals surface area (Å²) in [5.74, 6) is 0.593. The van der Waals surface area contributed by atoms with E-state index in [1.54, 1.807) is 19.4 Å².